The van der Waals surface area contributed by atoms with Crippen molar-refractivity contribution in [3.8, 4) is 0 Å². The Bertz CT molecular complexity index is 228. The van der Waals surface area contributed by atoms with E-state index < -0.39 is 17.8 Å². The van der Waals surface area contributed by atoms with E-state index in [0.29, 0.717) is 12.8 Å². The van der Waals surface area contributed by atoms with Crippen molar-refractivity contribution in [1.82, 2.24) is 0 Å². The summed E-state index contributed by atoms with van der Waals surface area (Å²) in [6, 6.07) is 0. The first-order chi connectivity index (χ1) is 5.13. The number of hydrogen-bond donors (Lipinski definition) is 1. The molecular weight excluding hydrogens is 150 g/mol. The summed E-state index contributed by atoms with van der Waals surface area (Å²) in [5, 5.41) is 8.96. The normalized spacial score (nSPS) is 61.9. The van der Waals surface area contributed by atoms with Gasteiger partial charge in [-0.1, -0.05) is 0 Å². The zero-order valence-electron chi connectivity index (χ0n) is 6.06. The summed E-state index contributed by atoms with van der Waals surface area (Å²) in [7, 11) is 0. The number of rotatable bonds is 1. The molecule has 1 nitrogen and oxygen atoms in total. The molecule has 0 aromatic heterocycles. The van der Waals surface area contributed by atoms with Crippen LogP contribution in [0.5, 0.6) is 0 Å². The molecule has 1 N–H and O–H groups in total. The van der Waals surface area contributed by atoms with Gasteiger partial charge >= 0.3 is 0 Å². The Kier molecular flexibility index (Phi) is 0.777. The molecule has 0 aromatic rings. The second-order valence-electron chi connectivity index (χ2n) is 4.29. The molecule has 4 fully saturated rings. The number of halogens is 2. The lowest BCUT2D eigenvalue weighted by molar-refractivity contribution is -0.0398. The molecule has 0 amide bonds. The van der Waals surface area contributed by atoms with E-state index in [-0.39, 0.29) is 17.9 Å². The van der Waals surface area contributed by atoms with Gasteiger partial charge in [0.2, 0.25) is 0 Å². The summed E-state index contributed by atoms with van der Waals surface area (Å²) in [5.41, 5.74) is -0.325. The molecule has 0 radical (unpaired) electrons. The van der Waals surface area contributed by atoms with Crippen LogP contribution in [0.3, 0.4) is 0 Å². The van der Waals surface area contributed by atoms with Gasteiger partial charge in [0.15, 0.2) is 0 Å². The monoisotopic (exact) mass is 160 g/mol. The van der Waals surface area contributed by atoms with E-state index in [4.69, 9.17) is 5.11 Å². The Hall–Kier alpha value is -0.180. The Balaban J connectivity index is 2.04. The van der Waals surface area contributed by atoms with E-state index in [2.05, 4.69) is 0 Å². The summed E-state index contributed by atoms with van der Waals surface area (Å²) in [4.78, 5) is 0. The van der Waals surface area contributed by atoms with Crippen molar-refractivity contribution >= 4 is 0 Å². The second-order valence-corrected chi connectivity index (χ2v) is 4.29. The minimum absolute atomic E-state index is 0.0194. The lowest BCUT2D eigenvalue weighted by Gasteiger charge is -2.11. The molecule has 0 aromatic carbocycles. The summed E-state index contributed by atoms with van der Waals surface area (Å²) >= 11 is 0. The minimum Gasteiger partial charge on any atom is -0.396 e. The van der Waals surface area contributed by atoms with E-state index in [1.54, 1.807) is 0 Å². The first-order valence-electron chi connectivity index (χ1n) is 4.11. The quantitative estimate of drug-likeness (QED) is 0.612. The van der Waals surface area contributed by atoms with Gasteiger partial charge in [-0.15, -0.1) is 0 Å². The van der Waals surface area contributed by atoms with E-state index in [0.717, 1.165) is 0 Å². The predicted molar refractivity (Wildman–Crippen MR) is 34.2 cm³/mol. The largest absolute Gasteiger partial charge is 0.396 e. The van der Waals surface area contributed by atoms with Crippen molar-refractivity contribution in [2.45, 2.75) is 18.8 Å². The second kappa shape index (κ2) is 1.35. The van der Waals surface area contributed by atoms with Crippen LogP contribution in [0.4, 0.5) is 8.78 Å². The van der Waals surface area contributed by atoms with Crippen molar-refractivity contribution < 1.29 is 13.9 Å². The van der Waals surface area contributed by atoms with Gasteiger partial charge in [-0.2, -0.15) is 0 Å². The standard InChI is InChI=1S/C8H10F2O/c9-8(10)4-1-5-6(8)7(5,2-4)3-11/h4-6,11H,1-3H2. The maximum absolute atomic E-state index is 13.1. The zero-order chi connectivity index (χ0) is 7.85. The molecule has 4 aliphatic carbocycles. The number of alkyl halides is 2. The first-order valence-corrected chi connectivity index (χ1v) is 4.11. The van der Waals surface area contributed by atoms with E-state index in [1.165, 1.54) is 0 Å². The third-order valence-electron chi connectivity index (χ3n) is 4.07. The van der Waals surface area contributed by atoms with Crippen LogP contribution in [0.25, 0.3) is 0 Å². The molecule has 4 aliphatic rings. The number of aliphatic hydroxyl groups is 1. The molecule has 62 valence electrons. The van der Waals surface area contributed by atoms with Gasteiger partial charge in [0.25, 0.3) is 5.92 Å². The molecule has 0 saturated heterocycles. The van der Waals surface area contributed by atoms with Crippen LogP contribution < -0.4 is 0 Å². The zero-order valence-corrected chi connectivity index (χ0v) is 6.06. The maximum atomic E-state index is 13.1. The van der Waals surface area contributed by atoms with Crippen molar-refractivity contribution in [2.24, 2.45) is 23.2 Å². The topological polar surface area (TPSA) is 20.2 Å². The summed E-state index contributed by atoms with van der Waals surface area (Å²) in [5.74, 6) is -3.13. The molecule has 4 bridgehead atoms. The molecule has 0 spiro atoms. The molecule has 0 heterocycles. The molecule has 11 heavy (non-hydrogen) atoms. The molecule has 3 heteroatoms. The van der Waals surface area contributed by atoms with Gasteiger partial charge in [0.05, 0.1) is 0 Å². The van der Waals surface area contributed by atoms with Crippen molar-refractivity contribution in [3.63, 3.8) is 0 Å². The summed E-state index contributed by atoms with van der Waals surface area (Å²) < 4.78 is 26.3. The molecule has 4 saturated carbocycles. The molecule has 4 atom stereocenters. The third kappa shape index (κ3) is 0.420. The van der Waals surface area contributed by atoms with Gasteiger partial charge < -0.3 is 5.11 Å². The fourth-order valence-electron chi connectivity index (χ4n) is 3.55. The summed E-state index contributed by atoms with van der Waals surface area (Å²) in [6.07, 6.45) is 1.24. The van der Waals surface area contributed by atoms with Gasteiger partial charge in [-0.3, -0.25) is 0 Å². The predicted octanol–water partition coefficient (Wildman–Crippen LogP) is 1.27. The lowest BCUT2D eigenvalue weighted by Crippen LogP contribution is -2.20. The Morgan fingerprint density at radius 3 is 2.36 bits per heavy atom. The first kappa shape index (κ1) is 6.35. The molecular formula is C8H10F2O. The molecule has 0 aliphatic heterocycles. The molecule has 4 rings (SSSR count). The van der Waals surface area contributed by atoms with Crippen LogP contribution in [0.1, 0.15) is 12.8 Å². The highest BCUT2D eigenvalue weighted by Gasteiger charge is 2.86. The smallest absolute Gasteiger partial charge is 0.254 e. The SMILES string of the molecule is OCC12CC3CC1C2C3(F)F. The lowest BCUT2D eigenvalue weighted by atomic mass is 10.1. The summed E-state index contributed by atoms with van der Waals surface area (Å²) in [6.45, 7) is -0.0194. The van der Waals surface area contributed by atoms with Crippen LogP contribution in [0.2, 0.25) is 0 Å². The average molecular weight is 160 g/mol. The third-order valence-corrected chi connectivity index (χ3v) is 4.07. The highest BCUT2D eigenvalue weighted by molar-refractivity contribution is 5.29. The van der Waals surface area contributed by atoms with Crippen LogP contribution in [-0.2, 0) is 0 Å². The Labute approximate surface area is 63.4 Å². The van der Waals surface area contributed by atoms with E-state index in [9.17, 15) is 8.78 Å². The number of hydrogen-bond acceptors (Lipinski definition) is 1. The van der Waals surface area contributed by atoms with Crippen LogP contribution in [0.15, 0.2) is 0 Å². The van der Waals surface area contributed by atoms with Crippen molar-refractivity contribution in [1.29, 1.82) is 0 Å². The van der Waals surface area contributed by atoms with Gasteiger partial charge in [0, 0.05) is 23.9 Å². The van der Waals surface area contributed by atoms with E-state index in [1.807, 2.05) is 0 Å². The van der Waals surface area contributed by atoms with Gasteiger partial charge in [0.1, 0.15) is 0 Å². The van der Waals surface area contributed by atoms with Crippen LogP contribution in [0, 0.1) is 23.2 Å². The highest BCUT2D eigenvalue weighted by atomic mass is 19.3. The van der Waals surface area contributed by atoms with Crippen LogP contribution in [-0.4, -0.2) is 17.6 Å². The van der Waals surface area contributed by atoms with Crippen LogP contribution >= 0.6 is 0 Å². The maximum Gasteiger partial charge on any atom is 0.254 e. The highest BCUT2D eigenvalue weighted by Crippen LogP contribution is 2.83. The van der Waals surface area contributed by atoms with E-state index >= 15 is 0 Å². The minimum atomic E-state index is -2.44. The van der Waals surface area contributed by atoms with Gasteiger partial charge in [-0.05, 0) is 18.8 Å². The van der Waals surface area contributed by atoms with Crippen molar-refractivity contribution in [2.75, 3.05) is 6.61 Å². The average Bonchev–Trinajstić information content (AvgIpc) is 2.21. The number of aliphatic hydroxyl groups excluding tert-OH is 1. The van der Waals surface area contributed by atoms with Crippen molar-refractivity contribution in [3.05, 3.63) is 0 Å². The molecule has 4 unspecified atom stereocenters. The fraction of sp³-hybridized carbons (Fsp3) is 1.00. The van der Waals surface area contributed by atoms with Gasteiger partial charge in [-0.25, -0.2) is 8.78 Å². The Morgan fingerprint density at radius 1 is 1.45 bits per heavy atom. The Morgan fingerprint density at radius 2 is 2.18 bits per heavy atom. The fourth-order valence-corrected chi connectivity index (χ4v) is 3.55.